The zero-order valence-corrected chi connectivity index (χ0v) is 44.8. The minimum absolute atomic E-state index is 0. The normalized spacial score (nSPS) is 33.8. The molecular weight excluding hydrogens is 1140 g/mol. The molecule has 414 valence electrons. The van der Waals surface area contributed by atoms with Gasteiger partial charge >= 0.3 is 0 Å². The van der Waals surface area contributed by atoms with Crippen LogP contribution in [-0.4, -0.2) is 102 Å². The number of nitrogens with zero attached hydrogens (tertiary/aromatic N) is 11. The number of hydrogen-bond donors (Lipinski definition) is 3. The van der Waals surface area contributed by atoms with Crippen molar-refractivity contribution in [3.8, 4) is 12.1 Å². The summed E-state index contributed by atoms with van der Waals surface area (Å²) in [6, 6.07) is -13.6. The van der Waals surface area contributed by atoms with E-state index < -0.39 is 259 Å². The van der Waals surface area contributed by atoms with E-state index in [2.05, 4.69) is 29.9 Å². The van der Waals surface area contributed by atoms with Gasteiger partial charge in [0.2, 0.25) is 0 Å². The first kappa shape index (κ1) is 23.5. The number of nitriles is 2. The van der Waals surface area contributed by atoms with Gasteiger partial charge in [-0.05, 0) is 122 Å². The first-order chi connectivity index (χ1) is 57.2. The van der Waals surface area contributed by atoms with Gasteiger partial charge in [-0.25, -0.2) is 29.9 Å². The maximum absolute atomic E-state index is 9.48. The first-order valence-electron chi connectivity index (χ1n) is 45.4. The van der Waals surface area contributed by atoms with E-state index in [-0.39, 0.29) is 72.4 Å². The molecule has 14 nitrogen and oxygen atoms in total. The molecule has 3 saturated heterocycles. The Bertz CT molecular complexity index is 6030. The Morgan fingerprint density at radius 3 is 1.48 bits per heavy atom. The second-order valence-electron chi connectivity index (χ2n) is 14.8. The Labute approximate surface area is 567 Å². The summed E-state index contributed by atoms with van der Waals surface area (Å²) in [6.07, 6.45) is -25.0. The maximum atomic E-state index is 9.48. The largest absolute Gasteiger partial charge is 0.367 e. The topological polar surface area (TPSA) is 171 Å². The molecule has 0 spiro atoms. The Morgan fingerprint density at radius 1 is 0.588 bits per heavy atom. The zero-order chi connectivity index (χ0) is 97.5. The SMILES string of the molecule is C.[2H]c1cc([2H])c(C([2H])([2H])N2C([2H])([2H])C([2H])([2H])C([2H])(N([2H])c3ncnc4sc(Cl)c([2H])c34)C([2H])([2H])C2([2H])[2H])c([2H])c1C#N.[2H]c1nc(N([2H])C2([2H])C([2H])([2H])C([2H])([2H])N(C([2H])([2H])c3c([2H])cc(C)c(C#N)c3[2H])C([2H])([2H])C2([2H])[2H])c2c([2H])c(Cl)sc2n1.[2H]c1nc(N([2H])C2([2H])C([2H])([2H])C([2H])([2H])N(C([2H])([2H])c3c([2H])cc(C)c(Cl)c3[2H])C([2H])([2H])C2([2H])[2H])c2c([2H])c(Cl)sc2n1. The van der Waals surface area contributed by atoms with Crippen LogP contribution in [0.1, 0.15) is 146 Å². The average Bonchev–Trinajstić information content (AvgIpc) is 0.772. The van der Waals surface area contributed by atoms with E-state index in [9.17, 15) is 10.5 Å². The zero-order valence-electron chi connectivity index (χ0n) is 87.3. The van der Waals surface area contributed by atoms with E-state index in [1.165, 1.54) is 19.9 Å². The molecule has 0 saturated carbocycles. The molecule has 3 aliphatic heterocycles. The molecule has 3 aromatic carbocycles. The van der Waals surface area contributed by atoms with E-state index in [1.54, 1.807) is 6.07 Å². The highest BCUT2D eigenvalue weighted by molar-refractivity contribution is 7.23. The number of thiophene rings is 3. The van der Waals surface area contributed by atoms with Crippen molar-refractivity contribution in [3.63, 3.8) is 0 Å². The fourth-order valence-electron chi connectivity index (χ4n) is 5.99. The molecular formula is C59H62Cl4N14S3. The summed E-state index contributed by atoms with van der Waals surface area (Å²) in [5, 5.41) is 16.5. The summed E-state index contributed by atoms with van der Waals surface area (Å²) in [4.78, 5) is 20.6. The number of nitrogens with one attached hydrogen (secondary N) is 3. The van der Waals surface area contributed by atoms with Crippen molar-refractivity contribution in [1.29, 1.82) is 10.5 Å². The number of benzene rings is 3. The van der Waals surface area contributed by atoms with Gasteiger partial charge in [0.15, 0.2) is 4.24 Å². The van der Waals surface area contributed by atoms with Crippen molar-refractivity contribution in [3.05, 3.63) is 155 Å². The van der Waals surface area contributed by atoms with Crippen LogP contribution in [0.25, 0.3) is 30.6 Å². The van der Waals surface area contributed by atoms with Gasteiger partial charge in [0.25, 0.3) is 0 Å². The van der Waals surface area contributed by atoms with Crippen molar-refractivity contribution in [1.82, 2.24) is 44.6 Å². The van der Waals surface area contributed by atoms with Crippen LogP contribution in [0, 0.1) is 36.5 Å². The molecule has 12 rings (SSSR count). The van der Waals surface area contributed by atoms with Crippen molar-refractivity contribution in [2.75, 3.05) is 54.9 Å². The summed E-state index contributed by atoms with van der Waals surface area (Å²) in [5.74, 6) is -2.60. The lowest BCUT2D eigenvalue weighted by atomic mass is 10.0. The third kappa shape index (κ3) is 15.4. The van der Waals surface area contributed by atoms with E-state index in [4.69, 9.17) is 112 Å². The van der Waals surface area contributed by atoms with Crippen LogP contribution < -0.4 is 15.9 Å². The van der Waals surface area contributed by atoms with Crippen LogP contribution in [0.2, 0.25) is 22.3 Å². The molecule has 0 unspecified atom stereocenters. The Kier molecular flexibility index (Phi) is 8.14. The minimum atomic E-state index is -4.06. The van der Waals surface area contributed by atoms with E-state index in [0.717, 1.165) is 29.8 Å². The smallest absolute Gasteiger partial charge is 0.162 e. The second kappa shape index (κ2) is 27.8. The Balaban J connectivity index is 0.000000216. The van der Waals surface area contributed by atoms with Crippen LogP contribution in [0.15, 0.2) is 97.6 Å². The van der Waals surface area contributed by atoms with Crippen molar-refractivity contribution < 1.29 is 65.9 Å². The molecule has 0 aliphatic carbocycles. The predicted octanol–water partition coefficient (Wildman–Crippen LogP) is 14.9. The average molecular weight is 1250 g/mol. The molecule has 9 heterocycles. The lowest BCUT2D eigenvalue weighted by Crippen LogP contribution is -2.38. The van der Waals surface area contributed by atoms with Crippen LogP contribution in [0.5, 0.6) is 0 Å². The number of anilines is 3. The Hall–Kier alpha value is -5.80. The summed E-state index contributed by atoms with van der Waals surface area (Å²) < 4.78 is 411. The van der Waals surface area contributed by atoms with Crippen molar-refractivity contribution in [2.45, 2.75) is 97.1 Å². The highest BCUT2D eigenvalue weighted by atomic mass is 35.5. The number of piperidine rings is 3. The van der Waals surface area contributed by atoms with Crippen LogP contribution >= 0.6 is 80.4 Å². The maximum Gasteiger partial charge on any atom is 0.162 e. The number of hydrogen-bond acceptors (Lipinski definition) is 17. The van der Waals surface area contributed by atoms with Crippen LogP contribution in [0.3, 0.4) is 0 Å². The molecule has 9 aromatic rings. The van der Waals surface area contributed by atoms with E-state index in [0.29, 0.717) is 28.7 Å². The molecule has 0 bridgehead atoms. The number of aromatic nitrogens is 6. The van der Waals surface area contributed by atoms with Gasteiger partial charge in [-0.2, -0.15) is 10.5 Å². The number of aryl methyl sites for hydroxylation is 2. The number of fused-ring (bicyclic) bond motifs is 3. The highest BCUT2D eigenvalue weighted by Crippen LogP contribution is 2.35. The molecule has 3 N–H and O–H groups in total. The van der Waals surface area contributed by atoms with Gasteiger partial charge in [-0.3, -0.25) is 14.7 Å². The third-order valence-corrected chi connectivity index (χ3v) is 13.2. The summed E-state index contributed by atoms with van der Waals surface area (Å²) in [5.41, 5.74) is -4.14. The van der Waals surface area contributed by atoms with Gasteiger partial charge < -0.3 is 15.9 Å². The van der Waals surface area contributed by atoms with Crippen molar-refractivity contribution in [2.24, 2.45) is 0 Å². The number of likely N-dealkylation sites (tertiary alicyclic amines) is 3. The standard InChI is InChI=1S/C20H20ClN5S.C19H20Cl2N4S.C19H18ClN5S.CH4/c1-13-2-3-14(8-15(13)10-22)11-26-6-4-16(5-7-26)25-19-17-9-18(21)27-20(17)24-12-23-19;1-12-2-3-13(8-16(12)20)10-25-6-4-14(5-7-25)24-18-15-9-17(21)26-19(15)23-11-22-18;20-17-9-16-18(22-12-23-19(16)26-17)24-15-4-6-25(7-5-15)11-14-3-1-2-13(8-14)10-21;/h2-3,8-9,12,16H,4-7,11H2,1H3,(H,23,24,25);2-3,8-9,11,14H,4-7,10H2,1H3,(H,22,23,24);1-3,8-9,12,15H,4-7,11H2,(H,22,23,24);1H4/i3D,4D2,5D2,6D2,7D2,8D,9D,11D2,12D,16D;3D,4D2,5D2,6D2,7D2,8D,9D,10D2,11D,14D;2D,3D,4D2,5D2,6D2,7D2,8D,9D,11D2,15D;/hD3. The monoisotopic (exact) mass is 1250 g/mol. The minimum Gasteiger partial charge on any atom is -0.367 e. The van der Waals surface area contributed by atoms with Crippen LogP contribution in [0.4, 0.5) is 17.5 Å². The second-order valence-corrected chi connectivity index (χ2v) is 20.0. The molecule has 3 aliphatic rings. The van der Waals surface area contributed by atoms with Crippen LogP contribution in [-0.2, 0) is 19.5 Å². The number of halogens is 4. The van der Waals surface area contributed by atoms with E-state index >= 15 is 0 Å². The summed E-state index contributed by atoms with van der Waals surface area (Å²) in [7, 11) is 0. The Morgan fingerprint density at radius 2 is 1.01 bits per heavy atom. The molecule has 3 fully saturated rings. The molecule has 0 amide bonds. The van der Waals surface area contributed by atoms with Gasteiger partial charge in [0.05, 0.1) is 70.3 Å². The number of rotatable bonds is 12. The molecule has 21 heteroatoms. The van der Waals surface area contributed by atoms with Crippen molar-refractivity contribution >= 4 is 129 Å². The molecule has 0 radical (unpaired) electrons. The molecule has 80 heavy (non-hydrogen) atoms. The fraction of sp³-hybridized carbons (Fsp3) is 0.356. The van der Waals surface area contributed by atoms with Gasteiger partial charge in [-0.15, -0.1) is 34.0 Å². The first-order valence-corrected chi connectivity index (χ1v) is 25.5. The van der Waals surface area contributed by atoms with Gasteiger partial charge in [0.1, 0.15) is 53.6 Å². The quantitative estimate of drug-likeness (QED) is 0.106. The lowest BCUT2D eigenvalue weighted by molar-refractivity contribution is 0.211. The molecule has 6 aromatic heterocycles. The predicted molar refractivity (Wildman–Crippen MR) is 333 cm³/mol. The summed E-state index contributed by atoms with van der Waals surface area (Å²) in [6.45, 7) is -32.4. The third-order valence-electron chi connectivity index (χ3n) is 9.55. The fourth-order valence-corrected chi connectivity index (χ4v) is 9.06. The van der Waals surface area contributed by atoms with Gasteiger partial charge in [0, 0.05) is 123 Å². The van der Waals surface area contributed by atoms with E-state index in [1.807, 2.05) is 0 Å². The highest BCUT2D eigenvalue weighted by Gasteiger charge is 2.24. The summed E-state index contributed by atoms with van der Waals surface area (Å²) >= 11 is 26.2. The van der Waals surface area contributed by atoms with Gasteiger partial charge in [-0.1, -0.05) is 90.2 Å². The molecule has 0 atom stereocenters. The lowest BCUT2D eigenvalue weighted by Gasteiger charge is -2.32.